The average molecular weight is 350 g/mol. The minimum absolute atomic E-state index is 0.0250. The van der Waals surface area contributed by atoms with E-state index < -0.39 is 0 Å². The minimum atomic E-state index is 0.0250. The monoisotopic (exact) mass is 350 g/mol. The van der Waals surface area contributed by atoms with Crippen LogP contribution >= 0.6 is 0 Å². The van der Waals surface area contributed by atoms with E-state index in [1.807, 2.05) is 24.3 Å². The van der Waals surface area contributed by atoms with Crippen LogP contribution in [0, 0.1) is 6.92 Å². The Kier molecular flexibility index (Phi) is 5.71. The summed E-state index contributed by atoms with van der Waals surface area (Å²) in [4.78, 5) is 16.8. The van der Waals surface area contributed by atoms with E-state index in [-0.39, 0.29) is 5.56 Å². The van der Waals surface area contributed by atoms with E-state index in [9.17, 15) is 4.79 Å². The number of fused-ring (bicyclic) bond motifs is 1. The second-order valence-electron chi connectivity index (χ2n) is 7.00. The molecular weight excluding hydrogens is 324 g/mol. The topological polar surface area (TPSA) is 44.1 Å². The van der Waals surface area contributed by atoms with Crippen molar-refractivity contribution in [2.24, 2.45) is 0 Å². The summed E-state index contributed by atoms with van der Waals surface area (Å²) in [7, 11) is 0. The summed E-state index contributed by atoms with van der Waals surface area (Å²) < 4.78 is 7.65. The number of aryl methyl sites for hydroxylation is 2. The highest BCUT2D eigenvalue weighted by Gasteiger charge is 2.06. The molecule has 0 aliphatic carbocycles. The number of benzene rings is 2. The number of nitrogens with zero attached hydrogens (tertiary/aromatic N) is 2. The summed E-state index contributed by atoms with van der Waals surface area (Å²) in [6.45, 7) is 7.75. The third-order valence-electron chi connectivity index (χ3n) is 4.66. The van der Waals surface area contributed by atoms with Crippen LogP contribution in [0.2, 0.25) is 0 Å². The van der Waals surface area contributed by atoms with Gasteiger partial charge in [-0.25, -0.2) is 4.98 Å². The molecule has 0 aliphatic heterocycles. The van der Waals surface area contributed by atoms with E-state index in [2.05, 4.69) is 44.0 Å². The molecular formula is C22H26N2O2. The first-order chi connectivity index (χ1) is 12.6. The fraction of sp³-hybridized carbons (Fsp3) is 0.364. The molecule has 0 fully saturated rings. The number of para-hydroxylation sites is 1. The molecule has 0 amide bonds. The molecule has 0 atom stereocenters. The van der Waals surface area contributed by atoms with Crippen LogP contribution < -0.4 is 10.3 Å². The van der Waals surface area contributed by atoms with Crippen molar-refractivity contribution in [2.45, 2.75) is 46.1 Å². The Morgan fingerprint density at radius 2 is 1.92 bits per heavy atom. The molecule has 0 aliphatic rings. The van der Waals surface area contributed by atoms with E-state index in [1.165, 1.54) is 5.56 Å². The minimum Gasteiger partial charge on any atom is -0.493 e. The van der Waals surface area contributed by atoms with Gasteiger partial charge < -0.3 is 4.74 Å². The Hall–Kier alpha value is -2.62. The zero-order chi connectivity index (χ0) is 18.5. The lowest BCUT2D eigenvalue weighted by atomic mass is 10.0. The smallest absolute Gasteiger partial charge is 0.261 e. The van der Waals surface area contributed by atoms with Crippen molar-refractivity contribution in [1.29, 1.82) is 0 Å². The van der Waals surface area contributed by atoms with Gasteiger partial charge in [-0.1, -0.05) is 38.1 Å². The first-order valence-corrected chi connectivity index (χ1v) is 9.24. The van der Waals surface area contributed by atoms with E-state index in [4.69, 9.17) is 4.74 Å². The molecule has 4 nitrogen and oxygen atoms in total. The Balaban J connectivity index is 1.54. The van der Waals surface area contributed by atoms with Gasteiger partial charge in [0.15, 0.2) is 0 Å². The first-order valence-electron chi connectivity index (χ1n) is 9.24. The van der Waals surface area contributed by atoms with Crippen LogP contribution in [0.4, 0.5) is 0 Å². The SMILES string of the molecule is Cc1ccc(C(C)C)cc1OCCCCn1cnc2ccccc2c1=O. The predicted octanol–water partition coefficient (Wildman–Crippen LogP) is 4.69. The second-order valence-corrected chi connectivity index (χ2v) is 7.00. The summed E-state index contributed by atoms with van der Waals surface area (Å²) in [6.07, 6.45) is 3.41. The van der Waals surface area contributed by atoms with Gasteiger partial charge in [0.05, 0.1) is 23.8 Å². The van der Waals surface area contributed by atoms with Crippen molar-refractivity contribution in [1.82, 2.24) is 9.55 Å². The highest BCUT2D eigenvalue weighted by Crippen LogP contribution is 2.24. The summed E-state index contributed by atoms with van der Waals surface area (Å²) in [6, 6.07) is 13.9. The molecule has 2 aromatic carbocycles. The van der Waals surface area contributed by atoms with Crippen LogP contribution in [0.3, 0.4) is 0 Å². The van der Waals surface area contributed by atoms with Gasteiger partial charge in [-0.15, -0.1) is 0 Å². The summed E-state index contributed by atoms with van der Waals surface area (Å²) >= 11 is 0. The van der Waals surface area contributed by atoms with Crippen LogP contribution in [0.25, 0.3) is 10.9 Å². The zero-order valence-corrected chi connectivity index (χ0v) is 15.7. The van der Waals surface area contributed by atoms with Gasteiger partial charge in [0.1, 0.15) is 5.75 Å². The summed E-state index contributed by atoms with van der Waals surface area (Å²) in [5, 5.41) is 0.673. The van der Waals surface area contributed by atoms with Crippen molar-refractivity contribution < 1.29 is 4.74 Å². The third-order valence-corrected chi connectivity index (χ3v) is 4.66. The average Bonchev–Trinajstić information content (AvgIpc) is 2.64. The molecule has 26 heavy (non-hydrogen) atoms. The molecule has 3 rings (SSSR count). The Bertz CT molecular complexity index is 944. The molecule has 0 saturated heterocycles. The van der Waals surface area contributed by atoms with Crippen LogP contribution in [-0.4, -0.2) is 16.2 Å². The van der Waals surface area contributed by atoms with Crippen LogP contribution in [0.5, 0.6) is 5.75 Å². The third kappa shape index (κ3) is 4.13. The van der Waals surface area contributed by atoms with Gasteiger partial charge >= 0.3 is 0 Å². The number of ether oxygens (including phenoxy) is 1. The lowest BCUT2D eigenvalue weighted by Gasteiger charge is -2.13. The van der Waals surface area contributed by atoms with E-state index in [0.29, 0.717) is 24.5 Å². The molecule has 0 saturated carbocycles. The maximum Gasteiger partial charge on any atom is 0.261 e. The normalized spacial score (nSPS) is 11.2. The Labute approximate surface area is 154 Å². The lowest BCUT2D eigenvalue weighted by molar-refractivity contribution is 0.300. The molecule has 0 spiro atoms. The van der Waals surface area contributed by atoms with Crippen molar-refractivity contribution in [3.63, 3.8) is 0 Å². The predicted molar refractivity (Wildman–Crippen MR) is 106 cm³/mol. The first kappa shape index (κ1) is 18.2. The molecule has 3 aromatic rings. The number of hydrogen-bond acceptors (Lipinski definition) is 3. The molecule has 0 bridgehead atoms. The van der Waals surface area contributed by atoms with Gasteiger partial charge in [0, 0.05) is 6.54 Å². The van der Waals surface area contributed by atoms with Gasteiger partial charge in [-0.2, -0.15) is 0 Å². The summed E-state index contributed by atoms with van der Waals surface area (Å²) in [5.74, 6) is 1.45. The Morgan fingerprint density at radius 3 is 2.73 bits per heavy atom. The van der Waals surface area contributed by atoms with Gasteiger partial charge in [0.25, 0.3) is 5.56 Å². The second kappa shape index (κ2) is 8.17. The molecule has 1 heterocycles. The molecule has 0 unspecified atom stereocenters. The number of hydrogen-bond donors (Lipinski definition) is 0. The molecule has 136 valence electrons. The van der Waals surface area contributed by atoms with Gasteiger partial charge in [0.2, 0.25) is 0 Å². The number of unbranched alkanes of at least 4 members (excludes halogenated alkanes) is 1. The molecule has 4 heteroatoms. The highest BCUT2D eigenvalue weighted by atomic mass is 16.5. The van der Waals surface area contributed by atoms with Crippen molar-refractivity contribution in [2.75, 3.05) is 6.61 Å². The van der Waals surface area contributed by atoms with Crippen LogP contribution in [-0.2, 0) is 6.54 Å². The number of rotatable bonds is 7. The van der Waals surface area contributed by atoms with Gasteiger partial charge in [-0.3, -0.25) is 9.36 Å². The highest BCUT2D eigenvalue weighted by molar-refractivity contribution is 5.76. The Morgan fingerprint density at radius 1 is 1.12 bits per heavy atom. The lowest BCUT2D eigenvalue weighted by Crippen LogP contribution is -2.20. The van der Waals surface area contributed by atoms with E-state index in [1.54, 1.807) is 10.9 Å². The molecule has 0 N–H and O–H groups in total. The molecule has 1 aromatic heterocycles. The van der Waals surface area contributed by atoms with E-state index in [0.717, 1.165) is 29.7 Å². The van der Waals surface area contributed by atoms with Crippen LogP contribution in [0.15, 0.2) is 53.6 Å². The fourth-order valence-corrected chi connectivity index (χ4v) is 2.96. The maximum absolute atomic E-state index is 12.5. The molecule has 0 radical (unpaired) electrons. The quantitative estimate of drug-likeness (QED) is 0.581. The van der Waals surface area contributed by atoms with E-state index >= 15 is 0 Å². The maximum atomic E-state index is 12.5. The zero-order valence-electron chi connectivity index (χ0n) is 15.7. The fourth-order valence-electron chi connectivity index (χ4n) is 2.96. The van der Waals surface area contributed by atoms with Crippen molar-refractivity contribution in [3.8, 4) is 5.75 Å². The standard InChI is InChI=1S/C22H26N2O2/c1-16(2)18-11-10-17(3)21(14-18)26-13-7-6-12-24-15-23-20-9-5-4-8-19(20)22(24)25/h4-5,8-11,14-16H,6-7,12-13H2,1-3H3. The van der Waals surface area contributed by atoms with Crippen LogP contribution in [0.1, 0.15) is 43.7 Å². The van der Waals surface area contributed by atoms with Gasteiger partial charge in [-0.05, 0) is 55.0 Å². The number of aromatic nitrogens is 2. The van der Waals surface area contributed by atoms with Crippen molar-refractivity contribution >= 4 is 10.9 Å². The summed E-state index contributed by atoms with van der Waals surface area (Å²) in [5.41, 5.74) is 3.22. The van der Waals surface area contributed by atoms with Crippen molar-refractivity contribution in [3.05, 3.63) is 70.3 Å². The largest absolute Gasteiger partial charge is 0.493 e.